The fourth-order valence-corrected chi connectivity index (χ4v) is 4.60. The molecular weight excluding hydrogens is 500 g/mol. The number of halogens is 1. The molecule has 0 bridgehead atoms. The number of aryl methyl sites for hydroxylation is 1. The second kappa shape index (κ2) is 11.9. The lowest BCUT2D eigenvalue weighted by atomic mass is 10.0. The molecule has 33 heavy (non-hydrogen) atoms. The summed E-state index contributed by atoms with van der Waals surface area (Å²) < 4.78 is 9.73. The lowest BCUT2D eigenvalue weighted by Crippen LogP contribution is -3.00. The van der Waals surface area contributed by atoms with E-state index in [-0.39, 0.29) is 23.6 Å². The number of nitrogens with zero attached hydrogens (tertiary/aromatic N) is 2. The second-order valence-electron chi connectivity index (χ2n) is 7.64. The van der Waals surface area contributed by atoms with Crippen LogP contribution in [0.25, 0.3) is 11.1 Å². The van der Waals surface area contributed by atoms with Crippen LogP contribution in [-0.2, 0) is 22.6 Å². The standard InChI is InChI=1S/C26H27N2O3S.BrH/c1-20-27(15-16-28(20)19-21-9-4-2-5-10-21)14-8-17-31-26(30)24(29)25-23(13-18-32-25)22-11-6-3-7-12-22;/h2-7,9-13,15-16,18,24,29H,8,14,17,19H2,1H3;1H/q+1;/p-1. The van der Waals surface area contributed by atoms with E-state index in [0.717, 1.165) is 30.0 Å². The van der Waals surface area contributed by atoms with Gasteiger partial charge in [-0.1, -0.05) is 60.7 Å². The monoisotopic (exact) mass is 526 g/mol. The van der Waals surface area contributed by atoms with Crippen molar-refractivity contribution in [2.24, 2.45) is 0 Å². The minimum atomic E-state index is -1.27. The molecule has 1 N–H and O–H groups in total. The van der Waals surface area contributed by atoms with E-state index in [0.29, 0.717) is 11.3 Å². The highest BCUT2D eigenvalue weighted by Gasteiger charge is 2.24. The molecule has 0 saturated carbocycles. The first-order valence-electron chi connectivity index (χ1n) is 10.7. The third kappa shape index (κ3) is 6.19. The Hall–Kier alpha value is -2.74. The lowest BCUT2D eigenvalue weighted by molar-refractivity contribution is -0.694. The molecule has 172 valence electrons. The number of hydrogen-bond acceptors (Lipinski definition) is 4. The Morgan fingerprint density at radius 3 is 2.52 bits per heavy atom. The molecular formula is C26H27BrN2O3S. The summed E-state index contributed by atoms with van der Waals surface area (Å²) in [4.78, 5) is 13.0. The molecule has 1 unspecified atom stereocenters. The quantitative estimate of drug-likeness (QED) is 0.204. The van der Waals surface area contributed by atoms with Crippen molar-refractivity contribution in [3.05, 3.63) is 101 Å². The van der Waals surface area contributed by atoms with Crippen molar-refractivity contribution in [3.8, 4) is 11.1 Å². The van der Waals surface area contributed by atoms with Gasteiger partial charge in [0.25, 0.3) is 5.82 Å². The number of thiophene rings is 1. The summed E-state index contributed by atoms with van der Waals surface area (Å²) in [5.41, 5.74) is 3.10. The van der Waals surface area contributed by atoms with Crippen molar-refractivity contribution in [1.82, 2.24) is 4.57 Å². The van der Waals surface area contributed by atoms with Crippen LogP contribution < -0.4 is 21.5 Å². The molecule has 7 heteroatoms. The van der Waals surface area contributed by atoms with Crippen molar-refractivity contribution >= 4 is 17.3 Å². The number of esters is 1. The minimum absolute atomic E-state index is 0. The number of benzene rings is 2. The fraction of sp³-hybridized carbons (Fsp3) is 0.231. The van der Waals surface area contributed by atoms with Gasteiger partial charge in [-0.2, -0.15) is 0 Å². The molecule has 0 aliphatic heterocycles. The van der Waals surface area contributed by atoms with E-state index >= 15 is 0 Å². The first-order valence-corrected chi connectivity index (χ1v) is 11.6. The third-order valence-corrected chi connectivity index (χ3v) is 6.46. The van der Waals surface area contributed by atoms with E-state index in [9.17, 15) is 9.90 Å². The Labute approximate surface area is 208 Å². The molecule has 4 rings (SSSR count). The number of aromatic nitrogens is 2. The largest absolute Gasteiger partial charge is 1.00 e. The van der Waals surface area contributed by atoms with Crippen molar-refractivity contribution in [2.45, 2.75) is 32.5 Å². The van der Waals surface area contributed by atoms with E-state index in [1.54, 1.807) is 0 Å². The molecule has 0 amide bonds. The van der Waals surface area contributed by atoms with Gasteiger partial charge in [0.15, 0.2) is 6.10 Å². The first-order chi connectivity index (χ1) is 15.6. The van der Waals surface area contributed by atoms with E-state index in [1.807, 2.05) is 66.2 Å². The molecule has 0 fully saturated rings. The summed E-state index contributed by atoms with van der Waals surface area (Å²) in [7, 11) is 0. The topological polar surface area (TPSA) is 55.3 Å². The molecule has 2 aromatic heterocycles. The van der Waals surface area contributed by atoms with Gasteiger partial charge < -0.3 is 26.8 Å². The van der Waals surface area contributed by atoms with E-state index in [2.05, 4.69) is 34.4 Å². The second-order valence-corrected chi connectivity index (χ2v) is 8.59. The van der Waals surface area contributed by atoms with Crippen LogP contribution in [0.4, 0.5) is 0 Å². The van der Waals surface area contributed by atoms with Gasteiger partial charge in [0.1, 0.15) is 18.9 Å². The molecule has 0 saturated heterocycles. The van der Waals surface area contributed by atoms with Gasteiger partial charge in [-0.15, -0.1) is 11.3 Å². The normalized spacial score (nSPS) is 11.6. The molecule has 0 radical (unpaired) electrons. The molecule has 0 spiro atoms. The average Bonchev–Trinajstić information content (AvgIpc) is 3.45. The van der Waals surface area contributed by atoms with Crippen LogP contribution >= 0.6 is 11.3 Å². The van der Waals surface area contributed by atoms with E-state index in [1.165, 1.54) is 16.9 Å². The van der Waals surface area contributed by atoms with Crippen molar-refractivity contribution < 1.29 is 36.2 Å². The van der Waals surface area contributed by atoms with Crippen LogP contribution in [0, 0.1) is 6.92 Å². The summed E-state index contributed by atoms with van der Waals surface area (Å²) in [6, 6.07) is 22.0. The van der Waals surface area contributed by atoms with E-state index < -0.39 is 12.1 Å². The van der Waals surface area contributed by atoms with Crippen LogP contribution in [0.2, 0.25) is 0 Å². The number of hydrogen-bond donors (Lipinski definition) is 1. The maximum atomic E-state index is 12.4. The van der Waals surface area contributed by atoms with Crippen molar-refractivity contribution in [3.63, 3.8) is 0 Å². The van der Waals surface area contributed by atoms with Crippen molar-refractivity contribution in [2.75, 3.05) is 6.61 Å². The smallest absolute Gasteiger partial charge is 0.340 e. The van der Waals surface area contributed by atoms with Crippen molar-refractivity contribution in [1.29, 1.82) is 0 Å². The maximum absolute atomic E-state index is 12.4. The Kier molecular flexibility index (Phi) is 9.00. The number of carbonyl (C=O) groups excluding carboxylic acids is 1. The van der Waals surface area contributed by atoms with Gasteiger partial charge in [-0.25, -0.2) is 13.9 Å². The predicted molar refractivity (Wildman–Crippen MR) is 125 cm³/mol. The van der Waals surface area contributed by atoms with Gasteiger partial charge >= 0.3 is 5.97 Å². The predicted octanol–water partition coefficient (Wildman–Crippen LogP) is 1.53. The highest BCUT2D eigenvalue weighted by atomic mass is 79.9. The van der Waals surface area contributed by atoms with Crippen LogP contribution in [0.1, 0.15) is 28.8 Å². The Morgan fingerprint density at radius 2 is 1.79 bits per heavy atom. The highest BCUT2D eigenvalue weighted by Crippen LogP contribution is 2.33. The SMILES string of the molecule is Cc1n(CCCOC(=O)C(O)c2sccc2-c2ccccc2)cc[n+]1Cc1ccccc1.[Br-]. The highest BCUT2D eigenvalue weighted by molar-refractivity contribution is 7.10. The number of rotatable bonds is 9. The zero-order valence-electron chi connectivity index (χ0n) is 18.4. The molecule has 0 aliphatic rings. The number of carbonyl (C=O) groups is 1. The summed E-state index contributed by atoms with van der Waals surface area (Å²) in [6.45, 7) is 3.91. The maximum Gasteiger partial charge on any atom is 0.340 e. The number of ether oxygens (including phenoxy) is 1. The Balaban J connectivity index is 0.00000306. The Bertz CT molecular complexity index is 1160. The molecule has 4 aromatic rings. The van der Waals surface area contributed by atoms with Gasteiger partial charge in [0, 0.05) is 13.3 Å². The number of aliphatic hydroxyl groups is 1. The van der Waals surface area contributed by atoms with Crippen LogP contribution in [0.5, 0.6) is 0 Å². The van der Waals surface area contributed by atoms with Gasteiger partial charge in [-0.05, 0) is 28.1 Å². The molecule has 2 aromatic carbocycles. The van der Waals surface area contributed by atoms with Gasteiger partial charge in [0.05, 0.1) is 18.0 Å². The van der Waals surface area contributed by atoms with Gasteiger partial charge in [0.2, 0.25) is 0 Å². The number of imidazole rings is 1. The molecule has 1 atom stereocenters. The first kappa shape index (κ1) is 24.9. The average molecular weight is 527 g/mol. The molecule has 5 nitrogen and oxygen atoms in total. The van der Waals surface area contributed by atoms with Crippen LogP contribution in [-0.4, -0.2) is 22.2 Å². The van der Waals surface area contributed by atoms with Gasteiger partial charge in [-0.3, -0.25) is 0 Å². The summed E-state index contributed by atoms with van der Waals surface area (Å²) in [6.07, 6.45) is 3.52. The van der Waals surface area contributed by atoms with E-state index in [4.69, 9.17) is 4.74 Å². The van der Waals surface area contributed by atoms with Crippen LogP contribution in [0.3, 0.4) is 0 Å². The fourth-order valence-electron chi connectivity index (χ4n) is 3.71. The lowest BCUT2D eigenvalue weighted by Gasteiger charge is -2.11. The molecule has 0 aliphatic carbocycles. The zero-order chi connectivity index (χ0) is 22.3. The molecule has 2 heterocycles. The summed E-state index contributed by atoms with van der Waals surface area (Å²) in [5, 5.41) is 12.4. The third-order valence-electron chi connectivity index (χ3n) is 5.49. The Morgan fingerprint density at radius 1 is 1.09 bits per heavy atom. The van der Waals surface area contributed by atoms with Crippen LogP contribution in [0.15, 0.2) is 84.5 Å². The zero-order valence-corrected chi connectivity index (χ0v) is 20.8. The summed E-state index contributed by atoms with van der Waals surface area (Å²) >= 11 is 1.36. The minimum Gasteiger partial charge on any atom is -1.00 e. The number of aliphatic hydroxyl groups excluding tert-OH is 1. The summed E-state index contributed by atoms with van der Waals surface area (Å²) in [5.74, 6) is 0.541.